The highest BCUT2D eigenvalue weighted by Crippen LogP contribution is 2.33. The smallest absolute Gasteiger partial charge is 0.300 e. The van der Waals surface area contributed by atoms with E-state index in [1.54, 1.807) is 6.07 Å². The number of hydrogen-bond donors (Lipinski definition) is 2. The van der Waals surface area contributed by atoms with E-state index in [0.29, 0.717) is 24.3 Å². The minimum absolute atomic E-state index is 0.0554. The van der Waals surface area contributed by atoms with Gasteiger partial charge in [0.05, 0.1) is 10.6 Å². The molecule has 0 aliphatic heterocycles. The number of nitro groups is 1. The minimum Gasteiger partial charge on any atom is -0.383 e. The summed E-state index contributed by atoms with van der Waals surface area (Å²) in [6.07, 6.45) is 8.55. The lowest BCUT2D eigenvalue weighted by atomic mass is 9.79. The number of non-ortho nitro benzene ring substituents is 1. The number of nitrogens with zero attached hydrogens (tertiary/aromatic N) is 3. The van der Waals surface area contributed by atoms with Crippen LogP contribution in [-0.4, -0.2) is 34.2 Å². The van der Waals surface area contributed by atoms with Crippen molar-refractivity contribution >= 4 is 28.3 Å². The molecule has 1 amide bonds. The molecule has 9 nitrogen and oxygen atoms in total. The van der Waals surface area contributed by atoms with E-state index < -0.39 is 4.92 Å². The summed E-state index contributed by atoms with van der Waals surface area (Å²) < 4.78 is 4.74. The fourth-order valence-electron chi connectivity index (χ4n) is 5.14. The van der Waals surface area contributed by atoms with E-state index in [1.165, 1.54) is 6.07 Å². The number of allylic oxidation sites excluding steroid dienone is 2. The third-order valence-electron chi connectivity index (χ3n) is 7.03. The van der Waals surface area contributed by atoms with Crippen molar-refractivity contribution in [3.8, 4) is 0 Å². The van der Waals surface area contributed by atoms with Gasteiger partial charge >= 0.3 is 5.69 Å². The molecule has 1 aromatic heterocycles. The van der Waals surface area contributed by atoms with E-state index in [-0.39, 0.29) is 45.2 Å². The lowest BCUT2D eigenvalue weighted by Crippen LogP contribution is -2.39. The summed E-state index contributed by atoms with van der Waals surface area (Å²) in [4.78, 5) is 23.6. The highest BCUT2D eigenvalue weighted by Gasteiger charge is 2.27. The number of aromatic nitrogens is 2. The Bertz CT molecular complexity index is 1120. The highest BCUT2D eigenvalue weighted by molar-refractivity contribution is 5.93. The van der Waals surface area contributed by atoms with E-state index in [1.807, 2.05) is 6.92 Å². The van der Waals surface area contributed by atoms with Crippen LogP contribution in [0.3, 0.4) is 0 Å². The predicted molar refractivity (Wildman–Crippen MR) is 153 cm³/mol. The quantitative estimate of drug-likeness (QED) is 0.143. The van der Waals surface area contributed by atoms with Crippen molar-refractivity contribution in [1.82, 2.24) is 15.6 Å². The van der Waals surface area contributed by atoms with Crippen molar-refractivity contribution < 1.29 is 14.3 Å². The van der Waals surface area contributed by atoms with Crippen molar-refractivity contribution in [3.05, 3.63) is 34.4 Å². The van der Waals surface area contributed by atoms with Crippen LogP contribution in [0.25, 0.3) is 11.0 Å². The summed E-state index contributed by atoms with van der Waals surface area (Å²) in [5.41, 5.74) is 1.01. The van der Waals surface area contributed by atoms with Crippen molar-refractivity contribution in [1.29, 1.82) is 0 Å². The Balaban J connectivity index is 1.86. The summed E-state index contributed by atoms with van der Waals surface area (Å²) in [7, 11) is 0. The zero-order chi connectivity index (χ0) is 28.7. The molecule has 0 fully saturated rings. The number of anilines is 1. The molecule has 0 saturated carbocycles. The molecular weight excluding hydrogens is 482 g/mol. The zero-order valence-corrected chi connectivity index (χ0v) is 24.7. The van der Waals surface area contributed by atoms with Crippen LogP contribution in [0.15, 0.2) is 28.9 Å². The first kappa shape index (κ1) is 31.2. The van der Waals surface area contributed by atoms with Gasteiger partial charge in [-0.15, -0.1) is 0 Å². The van der Waals surface area contributed by atoms with Gasteiger partial charge in [-0.25, -0.2) is 4.63 Å². The van der Waals surface area contributed by atoms with E-state index in [4.69, 9.17) is 4.63 Å². The maximum absolute atomic E-state index is 12.9. The fraction of sp³-hybridized carbons (Fsp3) is 0.690. The molecular formula is C29H47N5O4. The highest BCUT2D eigenvalue weighted by atomic mass is 16.6. The van der Waals surface area contributed by atoms with Gasteiger partial charge in [0.25, 0.3) is 0 Å². The number of carbonyl (C=O) groups excluding carboxylic acids is 1. The second-order valence-corrected chi connectivity index (χ2v) is 13.1. The number of nitro benzene ring substituents is 1. The largest absolute Gasteiger partial charge is 0.383 e. The number of hydrogen-bond acceptors (Lipinski definition) is 7. The van der Waals surface area contributed by atoms with Crippen LogP contribution in [0.1, 0.15) is 88.0 Å². The van der Waals surface area contributed by atoms with Crippen molar-refractivity contribution in [2.45, 2.75) is 88.0 Å². The SMILES string of the molecule is CCCC(C)(C)/C=C\C(C)(C)CC(C)C(=O)NCC(C)(C)CC(C)CNc1ccc([N+](=O)[O-])c2nonc12. The van der Waals surface area contributed by atoms with Crippen LogP contribution >= 0.6 is 0 Å². The predicted octanol–water partition coefficient (Wildman–Crippen LogP) is 7.15. The Morgan fingerprint density at radius 3 is 2.32 bits per heavy atom. The fourth-order valence-corrected chi connectivity index (χ4v) is 5.14. The topological polar surface area (TPSA) is 123 Å². The first-order valence-corrected chi connectivity index (χ1v) is 13.7. The molecule has 2 atom stereocenters. The van der Waals surface area contributed by atoms with Gasteiger partial charge in [-0.1, -0.05) is 80.9 Å². The number of amides is 1. The molecule has 2 aromatic rings. The van der Waals surface area contributed by atoms with Crippen LogP contribution in [0.4, 0.5) is 11.4 Å². The van der Waals surface area contributed by atoms with Crippen molar-refractivity contribution in [2.24, 2.45) is 28.1 Å². The summed E-state index contributed by atoms with van der Waals surface area (Å²) in [6, 6.07) is 3.04. The second-order valence-electron chi connectivity index (χ2n) is 13.1. The second kappa shape index (κ2) is 12.7. The molecule has 2 unspecified atom stereocenters. The van der Waals surface area contributed by atoms with Gasteiger partial charge in [0.1, 0.15) is 0 Å². The molecule has 2 rings (SSSR count). The average molecular weight is 530 g/mol. The van der Waals surface area contributed by atoms with Crippen LogP contribution in [-0.2, 0) is 4.79 Å². The first-order chi connectivity index (χ1) is 17.6. The van der Waals surface area contributed by atoms with Crippen LogP contribution in [0, 0.1) is 38.2 Å². The molecule has 2 N–H and O–H groups in total. The summed E-state index contributed by atoms with van der Waals surface area (Å²) in [5.74, 6) is 0.282. The number of carbonyl (C=O) groups is 1. The Hall–Kier alpha value is -2.97. The summed E-state index contributed by atoms with van der Waals surface area (Å²) in [5, 5.41) is 25.2. The van der Waals surface area contributed by atoms with E-state index in [0.717, 1.165) is 25.7 Å². The first-order valence-electron chi connectivity index (χ1n) is 13.7. The Kier molecular flexibility index (Phi) is 10.5. The van der Waals surface area contributed by atoms with E-state index in [9.17, 15) is 14.9 Å². The molecule has 0 saturated heterocycles. The molecule has 1 heterocycles. The van der Waals surface area contributed by atoms with Gasteiger partial charge in [0.15, 0.2) is 5.52 Å². The van der Waals surface area contributed by atoms with Gasteiger partial charge in [0, 0.05) is 25.1 Å². The summed E-state index contributed by atoms with van der Waals surface area (Å²) >= 11 is 0. The molecule has 1 aromatic carbocycles. The molecule has 38 heavy (non-hydrogen) atoms. The van der Waals surface area contributed by atoms with Gasteiger partial charge < -0.3 is 10.6 Å². The van der Waals surface area contributed by atoms with Crippen molar-refractivity contribution in [3.63, 3.8) is 0 Å². The Morgan fingerprint density at radius 2 is 1.68 bits per heavy atom. The monoisotopic (exact) mass is 529 g/mol. The molecule has 0 spiro atoms. The number of fused-ring (bicyclic) bond motifs is 1. The molecule has 0 aliphatic rings. The van der Waals surface area contributed by atoms with E-state index in [2.05, 4.69) is 88.5 Å². The van der Waals surface area contributed by atoms with Crippen LogP contribution in [0.2, 0.25) is 0 Å². The molecule has 212 valence electrons. The third-order valence-corrected chi connectivity index (χ3v) is 7.03. The van der Waals surface area contributed by atoms with Crippen LogP contribution in [0.5, 0.6) is 0 Å². The van der Waals surface area contributed by atoms with Crippen molar-refractivity contribution in [2.75, 3.05) is 18.4 Å². The van der Waals surface area contributed by atoms with E-state index >= 15 is 0 Å². The van der Waals surface area contributed by atoms with Gasteiger partial charge in [-0.05, 0) is 57.8 Å². The average Bonchev–Trinajstić information content (AvgIpc) is 3.29. The maximum atomic E-state index is 12.9. The number of rotatable bonds is 15. The molecule has 0 aliphatic carbocycles. The zero-order valence-electron chi connectivity index (χ0n) is 24.7. The maximum Gasteiger partial charge on any atom is 0.300 e. The van der Waals surface area contributed by atoms with Gasteiger partial charge in [-0.2, -0.15) is 0 Å². The standard InChI is InChI=1S/C29H47N5O4/c1-10-13-27(4,5)14-15-28(6,7)17-21(3)26(35)31-19-29(8,9)16-20(2)18-30-22-11-12-23(34(36)37)25-24(22)32-38-33-25/h11-12,14-15,20-21,30H,10,13,16-19H2,1-9H3,(H,31,35)/b15-14-. The number of benzene rings is 1. The lowest BCUT2D eigenvalue weighted by molar-refractivity contribution is -0.383. The normalized spacial score (nSPS) is 14.6. The van der Waals surface area contributed by atoms with Gasteiger partial charge in [-0.3, -0.25) is 14.9 Å². The van der Waals surface area contributed by atoms with Gasteiger partial charge in [0.2, 0.25) is 11.4 Å². The molecule has 0 bridgehead atoms. The Morgan fingerprint density at radius 1 is 1.05 bits per heavy atom. The minimum atomic E-state index is -0.497. The molecule has 0 radical (unpaired) electrons. The number of nitrogens with one attached hydrogen (secondary N) is 2. The third kappa shape index (κ3) is 9.40. The summed E-state index contributed by atoms with van der Waals surface area (Å²) in [6.45, 7) is 20.8. The lowest BCUT2D eigenvalue weighted by Gasteiger charge is -2.30. The van der Waals surface area contributed by atoms with Crippen LogP contribution < -0.4 is 10.6 Å². The Labute approximate surface area is 227 Å². The molecule has 9 heteroatoms.